The van der Waals surface area contributed by atoms with Crippen molar-refractivity contribution in [2.75, 3.05) is 0 Å². The van der Waals surface area contributed by atoms with Crippen molar-refractivity contribution in [3.8, 4) is 11.5 Å². The van der Waals surface area contributed by atoms with Crippen LogP contribution in [0, 0.1) is 28.6 Å². The lowest BCUT2D eigenvalue weighted by Gasteiger charge is -2.56. The van der Waals surface area contributed by atoms with E-state index in [-0.39, 0.29) is 57.8 Å². The fourth-order valence-electron chi connectivity index (χ4n) is 6.08. The molecular weight excluding hydrogens is 414 g/mol. The smallest absolute Gasteiger partial charge is 0.251 e. The second-order valence-corrected chi connectivity index (χ2v) is 10.9. The molecule has 2 aromatic carbocycles. The second-order valence-electron chi connectivity index (χ2n) is 10.9. The quantitative estimate of drug-likeness (QED) is 0.500. The Bertz CT molecular complexity index is 990. The van der Waals surface area contributed by atoms with E-state index in [2.05, 4.69) is 39.9 Å². The minimum absolute atomic E-state index is 0.0832. The Labute approximate surface area is 197 Å². The van der Waals surface area contributed by atoms with E-state index < -0.39 is 0 Å². The van der Waals surface area contributed by atoms with Gasteiger partial charge < -0.3 is 15.5 Å². The largest absolute Gasteiger partial charge is 0.508 e. The van der Waals surface area contributed by atoms with Gasteiger partial charge >= 0.3 is 0 Å². The maximum absolute atomic E-state index is 13.9. The Balaban J connectivity index is 2.05. The molecule has 0 aromatic heterocycles. The summed E-state index contributed by atoms with van der Waals surface area (Å²) >= 11 is 0. The summed E-state index contributed by atoms with van der Waals surface area (Å²) in [6.45, 7) is 12.9. The zero-order chi connectivity index (χ0) is 24.6. The fraction of sp³-hybridized carbons (Fsp3) is 0.500. The first-order valence-electron chi connectivity index (χ1n) is 11.8. The van der Waals surface area contributed by atoms with Crippen LogP contribution in [0.25, 0.3) is 0 Å². The number of benzene rings is 2. The van der Waals surface area contributed by atoms with Crippen LogP contribution in [-0.2, 0) is 0 Å². The van der Waals surface area contributed by atoms with Gasteiger partial charge in [-0.25, -0.2) is 0 Å². The third-order valence-corrected chi connectivity index (χ3v) is 7.79. The number of amides is 1. The molecule has 0 bridgehead atoms. The van der Waals surface area contributed by atoms with E-state index in [0.717, 1.165) is 12.8 Å². The van der Waals surface area contributed by atoms with Crippen molar-refractivity contribution in [1.82, 2.24) is 5.32 Å². The van der Waals surface area contributed by atoms with Gasteiger partial charge in [0.15, 0.2) is 5.78 Å². The maximum Gasteiger partial charge on any atom is 0.251 e. The molecule has 0 radical (unpaired) electrons. The number of carbonyl (C=O) groups excluding carboxylic acids is 2. The molecule has 0 heterocycles. The van der Waals surface area contributed by atoms with Crippen LogP contribution in [0.5, 0.6) is 11.5 Å². The molecule has 0 spiro atoms. The lowest BCUT2D eigenvalue weighted by molar-refractivity contribution is -0.0544. The minimum atomic E-state index is -0.386. The fourth-order valence-corrected chi connectivity index (χ4v) is 6.08. The number of rotatable bonds is 5. The standard InChI is InChI=1S/C28H37NO4/c1-7-28(6)23(27(3,4)5)16-22(29-26(33)18-11-9-8-10-12-18)17(2)24(28)25(32)19-13-20(30)15-21(31)14-19/h8-15,17,22-24,30-31H,7,16H2,1-6H3,(H,29,33). The summed E-state index contributed by atoms with van der Waals surface area (Å²) in [7, 11) is 0. The monoisotopic (exact) mass is 451 g/mol. The molecule has 2 aromatic rings. The Morgan fingerprint density at radius 3 is 2.12 bits per heavy atom. The topological polar surface area (TPSA) is 86.6 Å². The highest BCUT2D eigenvalue weighted by Crippen LogP contribution is 2.57. The van der Waals surface area contributed by atoms with Gasteiger partial charge in [-0.2, -0.15) is 0 Å². The first-order valence-corrected chi connectivity index (χ1v) is 11.8. The summed E-state index contributed by atoms with van der Waals surface area (Å²) in [6, 6.07) is 13.0. The van der Waals surface area contributed by atoms with E-state index in [9.17, 15) is 19.8 Å². The van der Waals surface area contributed by atoms with E-state index in [4.69, 9.17) is 0 Å². The Morgan fingerprint density at radius 2 is 1.61 bits per heavy atom. The predicted octanol–water partition coefficient (Wildman–Crippen LogP) is 5.81. The lowest BCUT2D eigenvalue weighted by Crippen LogP contribution is -2.58. The highest BCUT2D eigenvalue weighted by Gasteiger charge is 2.55. The zero-order valence-electron chi connectivity index (χ0n) is 20.6. The first kappa shape index (κ1) is 24.8. The summed E-state index contributed by atoms with van der Waals surface area (Å²) in [4.78, 5) is 26.9. The van der Waals surface area contributed by atoms with Gasteiger partial charge in [-0.05, 0) is 59.8 Å². The number of phenolic OH excluding ortho intramolecular Hbond substituents is 2. The molecule has 0 saturated heterocycles. The van der Waals surface area contributed by atoms with Crippen molar-refractivity contribution in [3.05, 3.63) is 59.7 Å². The highest BCUT2D eigenvalue weighted by molar-refractivity contribution is 5.99. The van der Waals surface area contributed by atoms with Crippen LogP contribution in [0.4, 0.5) is 0 Å². The number of nitrogens with one attached hydrogen (secondary N) is 1. The number of phenols is 2. The average molecular weight is 452 g/mol. The summed E-state index contributed by atoms with van der Waals surface area (Å²) in [5.41, 5.74) is 0.498. The average Bonchev–Trinajstić information content (AvgIpc) is 2.74. The van der Waals surface area contributed by atoms with Crippen LogP contribution in [0.3, 0.4) is 0 Å². The van der Waals surface area contributed by atoms with Gasteiger partial charge in [-0.15, -0.1) is 0 Å². The molecule has 178 valence electrons. The normalized spacial score (nSPS) is 27.7. The van der Waals surface area contributed by atoms with Crippen molar-refractivity contribution in [2.24, 2.45) is 28.6 Å². The third-order valence-electron chi connectivity index (χ3n) is 7.79. The Kier molecular flexibility index (Phi) is 6.92. The molecule has 5 heteroatoms. The molecule has 3 N–H and O–H groups in total. The van der Waals surface area contributed by atoms with Crippen molar-refractivity contribution in [2.45, 2.75) is 60.4 Å². The van der Waals surface area contributed by atoms with E-state index >= 15 is 0 Å². The lowest BCUT2D eigenvalue weighted by atomic mass is 9.48. The molecular formula is C28H37NO4. The van der Waals surface area contributed by atoms with Crippen LogP contribution >= 0.6 is 0 Å². The van der Waals surface area contributed by atoms with Crippen molar-refractivity contribution < 1.29 is 19.8 Å². The summed E-state index contributed by atoms with van der Waals surface area (Å²) in [5, 5.41) is 23.2. The van der Waals surface area contributed by atoms with Crippen LogP contribution in [0.1, 0.15) is 75.1 Å². The van der Waals surface area contributed by atoms with Gasteiger partial charge in [0, 0.05) is 29.2 Å². The van der Waals surface area contributed by atoms with Crippen molar-refractivity contribution in [3.63, 3.8) is 0 Å². The Morgan fingerprint density at radius 1 is 1.03 bits per heavy atom. The van der Waals surface area contributed by atoms with Crippen LogP contribution in [-0.4, -0.2) is 27.9 Å². The maximum atomic E-state index is 13.9. The molecule has 1 amide bonds. The number of aromatic hydroxyl groups is 2. The van der Waals surface area contributed by atoms with Gasteiger partial charge in [0.05, 0.1) is 0 Å². The van der Waals surface area contributed by atoms with Gasteiger partial charge in [-0.3, -0.25) is 9.59 Å². The van der Waals surface area contributed by atoms with E-state index in [1.54, 1.807) is 12.1 Å². The molecule has 0 aliphatic heterocycles. The van der Waals surface area contributed by atoms with Gasteiger partial charge in [0.25, 0.3) is 5.91 Å². The number of ketones is 1. The van der Waals surface area contributed by atoms with E-state index in [1.807, 2.05) is 25.1 Å². The predicted molar refractivity (Wildman–Crippen MR) is 130 cm³/mol. The van der Waals surface area contributed by atoms with E-state index in [1.165, 1.54) is 18.2 Å². The Hall–Kier alpha value is -2.82. The molecule has 5 unspecified atom stereocenters. The van der Waals surface area contributed by atoms with Crippen molar-refractivity contribution >= 4 is 11.7 Å². The molecule has 5 nitrogen and oxygen atoms in total. The first-order chi connectivity index (χ1) is 15.4. The van der Waals surface area contributed by atoms with E-state index in [0.29, 0.717) is 11.1 Å². The third kappa shape index (κ3) is 4.92. The number of Topliss-reactive ketones (excluding diaryl/α,β-unsaturated/α-hetero) is 1. The van der Waals surface area contributed by atoms with Gasteiger partial charge in [0.1, 0.15) is 11.5 Å². The molecule has 3 rings (SSSR count). The second kappa shape index (κ2) is 9.20. The zero-order valence-corrected chi connectivity index (χ0v) is 20.6. The van der Waals surface area contributed by atoms with Crippen LogP contribution in [0.15, 0.2) is 48.5 Å². The number of hydrogen-bond donors (Lipinski definition) is 3. The van der Waals surface area contributed by atoms with Gasteiger partial charge in [0.2, 0.25) is 0 Å². The summed E-state index contributed by atoms with van der Waals surface area (Å²) in [5.74, 6) is -0.858. The molecule has 5 atom stereocenters. The number of hydrogen-bond acceptors (Lipinski definition) is 4. The molecule has 1 saturated carbocycles. The van der Waals surface area contributed by atoms with Crippen molar-refractivity contribution in [1.29, 1.82) is 0 Å². The molecule has 1 aliphatic rings. The highest BCUT2D eigenvalue weighted by atomic mass is 16.3. The molecule has 33 heavy (non-hydrogen) atoms. The van der Waals surface area contributed by atoms with Crippen LogP contribution < -0.4 is 5.32 Å². The minimum Gasteiger partial charge on any atom is -0.508 e. The molecule has 1 aliphatic carbocycles. The molecule has 1 fully saturated rings. The summed E-state index contributed by atoms with van der Waals surface area (Å²) in [6.07, 6.45) is 1.59. The SMILES string of the molecule is CCC1(C)C(C(=O)c2cc(O)cc(O)c2)C(C)C(NC(=O)c2ccccc2)CC1C(C)(C)C. The number of carbonyl (C=O) groups is 2. The summed E-state index contributed by atoms with van der Waals surface area (Å²) < 4.78 is 0. The van der Waals surface area contributed by atoms with Crippen LogP contribution in [0.2, 0.25) is 0 Å². The van der Waals surface area contributed by atoms with Gasteiger partial charge in [-0.1, -0.05) is 59.7 Å².